The summed E-state index contributed by atoms with van der Waals surface area (Å²) in [6.07, 6.45) is 0.290. The van der Waals surface area contributed by atoms with Crippen LogP contribution in [0.15, 0.2) is 77.8 Å². The van der Waals surface area contributed by atoms with Crippen LogP contribution in [0.1, 0.15) is 35.3 Å². The lowest BCUT2D eigenvalue weighted by Crippen LogP contribution is -2.33. The van der Waals surface area contributed by atoms with E-state index in [-0.39, 0.29) is 23.8 Å². The van der Waals surface area contributed by atoms with Crippen LogP contribution < -0.4 is 10.1 Å². The van der Waals surface area contributed by atoms with Crippen molar-refractivity contribution in [1.82, 2.24) is 5.32 Å². The Morgan fingerprint density at radius 3 is 2.39 bits per heavy atom. The number of hydrogen-bond acceptors (Lipinski definition) is 4. The van der Waals surface area contributed by atoms with E-state index >= 15 is 0 Å². The van der Waals surface area contributed by atoms with Gasteiger partial charge in [0.05, 0.1) is 7.11 Å². The maximum absolute atomic E-state index is 13.4. The number of methoxy groups -OCH3 is 1. The predicted octanol–water partition coefficient (Wildman–Crippen LogP) is 4.76. The molecule has 4 rings (SSSR count). The zero-order valence-corrected chi connectivity index (χ0v) is 15.5. The highest BCUT2D eigenvalue weighted by molar-refractivity contribution is 6.01. The first-order valence-electron chi connectivity index (χ1n) is 9.14. The molecule has 0 fully saturated rings. The van der Waals surface area contributed by atoms with Crippen molar-refractivity contribution in [2.45, 2.75) is 18.6 Å². The van der Waals surface area contributed by atoms with Crippen molar-refractivity contribution < 1.29 is 14.2 Å². The minimum absolute atomic E-state index is 0.120. The first-order chi connectivity index (χ1) is 13.6. The van der Waals surface area contributed by atoms with Crippen molar-refractivity contribution in [3.05, 3.63) is 95.3 Å². The molecule has 142 valence electrons. The summed E-state index contributed by atoms with van der Waals surface area (Å²) >= 11 is 0. The largest absolute Gasteiger partial charge is 0.508 e. The van der Waals surface area contributed by atoms with Gasteiger partial charge in [-0.1, -0.05) is 30.3 Å². The molecule has 0 aromatic heterocycles. The van der Waals surface area contributed by atoms with Gasteiger partial charge in [-0.05, 0) is 53.6 Å². The maximum Gasteiger partial charge on any atom is 0.126 e. The van der Waals surface area contributed by atoms with E-state index in [1.807, 2.05) is 36.4 Å². The molecule has 1 aliphatic heterocycles. The smallest absolute Gasteiger partial charge is 0.126 e. The Morgan fingerprint density at radius 1 is 1.00 bits per heavy atom. The molecule has 1 heterocycles. The third kappa shape index (κ3) is 3.75. The molecule has 4 nitrogen and oxygen atoms in total. The van der Waals surface area contributed by atoms with Gasteiger partial charge < -0.3 is 9.84 Å². The van der Waals surface area contributed by atoms with E-state index in [9.17, 15) is 9.50 Å². The molecule has 0 bridgehead atoms. The average molecular weight is 376 g/mol. The van der Waals surface area contributed by atoms with Crippen molar-refractivity contribution in [1.29, 1.82) is 0 Å². The number of halogens is 1. The molecule has 2 atom stereocenters. The van der Waals surface area contributed by atoms with E-state index in [1.54, 1.807) is 31.4 Å². The number of para-hydroxylation sites is 1. The van der Waals surface area contributed by atoms with Crippen LogP contribution >= 0.6 is 0 Å². The molecule has 28 heavy (non-hydrogen) atoms. The molecule has 0 saturated heterocycles. The maximum atomic E-state index is 13.4. The molecule has 0 radical (unpaired) electrons. The SMILES string of the molecule is COc1ccc(C2=N[C@@H](c3ccc(F)cc3)N[C@H](c3ccccc3O)C2)cc1. The van der Waals surface area contributed by atoms with Crippen molar-refractivity contribution >= 4 is 5.71 Å². The average Bonchev–Trinajstić information content (AvgIpc) is 2.74. The van der Waals surface area contributed by atoms with Crippen LogP contribution in [0.2, 0.25) is 0 Å². The van der Waals surface area contributed by atoms with Crippen LogP contribution in [-0.4, -0.2) is 17.9 Å². The summed E-state index contributed by atoms with van der Waals surface area (Å²) < 4.78 is 18.6. The monoisotopic (exact) mass is 376 g/mol. The zero-order chi connectivity index (χ0) is 19.5. The predicted molar refractivity (Wildman–Crippen MR) is 107 cm³/mol. The number of nitrogens with one attached hydrogen (secondary N) is 1. The third-order valence-electron chi connectivity index (χ3n) is 4.96. The zero-order valence-electron chi connectivity index (χ0n) is 15.5. The molecular weight excluding hydrogens is 355 g/mol. The van der Waals surface area contributed by atoms with Gasteiger partial charge in [0.15, 0.2) is 0 Å². The number of aromatic hydroxyl groups is 1. The highest BCUT2D eigenvalue weighted by Crippen LogP contribution is 2.34. The van der Waals surface area contributed by atoms with Crippen molar-refractivity contribution in [3.63, 3.8) is 0 Å². The van der Waals surface area contributed by atoms with Gasteiger partial charge in [-0.3, -0.25) is 10.3 Å². The number of phenolic OH excluding ortho intramolecular Hbond substituents is 1. The molecule has 3 aromatic carbocycles. The van der Waals surface area contributed by atoms with Crippen LogP contribution in [0.5, 0.6) is 11.5 Å². The molecule has 2 N–H and O–H groups in total. The molecule has 0 saturated carbocycles. The second kappa shape index (κ2) is 7.82. The van der Waals surface area contributed by atoms with Gasteiger partial charge in [-0.25, -0.2) is 4.39 Å². The van der Waals surface area contributed by atoms with E-state index in [4.69, 9.17) is 9.73 Å². The summed E-state index contributed by atoms with van der Waals surface area (Å²) in [6.45, 7) is 0. The molecule has 1 aliphatic rings. The normalized spacial score (nSPS) is 19.1. The van der Waals surface area contributed by atoms with Gasteiger partial charge in [0.1, 0.15) is 23.5 Å². The minimum atomic E-state index is -0.337. The summed E-state index contributed by atoms with van der Waals surface area (Å²) in [5, 5.41) is 13.8. The first-order valence-corrected chi connectivity index (χ1v) is 9.14. The third-order valence-corrected chi connectivity index (χ3v) is 4.96. The summed E-state index contributed by atoms with van der Waals surface area (Å²) in [7, 11) is 1.63. The number of phenols is 1. The highest BCUT2D eigenvalue weighted by atomic mass is 19.1. The number of rotatable bonds is 4. The molecule has 0 aliphatic carbocycles. The van der Waals surface area contributed by atoms with Gasteiger partial charge in [0.25, 0.3) is 0 Å². The summed E-state index contributed by atoms with van der Waals surface area (Å²) in [5.74, 6) is 0.746. The van der Waals surface area contributed by atoms with E-state index in [0.717, 1.165) is 28.2 Å². The topological polar surface area (TPSA) is 53.8 Å². The fraction of sp³-hybridized carbons (Fsp3) is 0.174. The summed E-state index contributed by atoms with van der Waals surface area (Å²) in [4.78, 5) is 4.87. The number of benzene rings is 3. The molecule has 0 unspecified atom stereocenters. The Labute approximate surface area is 163 Å². The quantitative estimate of drug-likeness (QED) is 0.690. The van der Waals surface area contributed by atoms with Crippen LogP contribution in [0, 0.1) is 5.82 Å². The van der Waals surface area contributed by atoms with Gasteiger partial charge in [0.2, 0.25) is 0 Å². The standard InChI is InChI=1S/C23H21FN2O2/c1-28-18-12-8-15(9-13-18)20-14-21(19-4-2-3-5-22(19)27)26-23(25-20)16-6-10-17(24)11-7-16/h2-13,21,23,26-27H,14H2,1H3/t21-,23+/m0/s1. The highest BCUT2D eigenvalue weighted by Gasteiger charge is 2.27. The van der Waals surface area contributed by atoms with Gasteiger partial charge >= 0.3 is 0 Å². The lowest BCUT2D eigenvalue weighted by Gasteiger charge is -2.31. The minimum Gasteiger partial charge on any atom is -0.508 e. The second-order valence-electron chi connectivity index (χ2n) is 6.74. The fourth-order valence-corrected chi connectivity index (χ4v) is 3.46. The Balaban J connectivity index is 1.73. The van der Waals surface area contributed by atoms with E-state index < -0.39 is 0 Å². The van der Waals surface area contributed by atoms with Crippen molar-refractivity contribution in [2.24, 2.45) is 4.99 Å². The van der Waals surface area contributed by atoms with Gasteiger partial charge in [0, 0.05) is 23.7 Å². The number of ether oxygens (including phenoxy) is 1. The van der Waals surface area contributed by atoms with Crippen LogP contribution in [0.25, 0.3) is 0 Å². The van der Waals surface area contributed by atoms with Crippen molar-refractivity contribution in [3.8, 4) is 11.5 Å². The van der Waals surface area contributed by atoms with Crippen molar-refractivity contribution in [2.75, 3.05) is 7.11 Å². The van der Waals surface area contributed by atoms with Crippen LogP contribution in [0.3, 0.4) is 0 Å². The lowest BCUT2D eigenvalue weighted by atomic mass is 9.93. The van der Waals surface area contributed by atoms with E-state index in [0.29, 0.717) is 6.42 Å². The number of hydrogen-bond donors (Lipinski definition) is 2. The summed E-state index contributed by atoms with van der Waals surface area (Å²) in [6, 6.07) is 21.3. The van der Waals surface area contributed by atoms with Crippen LogP contribution in [0.4, 0.5) is 4.39 Å². The number of aliphatic imine (C=N–C) groups is 1. The Hall–Kier alpha value is -3.18. The molecular formula is C23H21FN2O2. The Bertz CT molecular complexity index is 984. The lowest BCUT2D eigenvalue weighted by molar-refractivity contribution is 0.412. The number of nitrogens with zero attached hydrogens (tertiary/aromatic N) is 1. The Morgan fingerprint density at radius 2 is 1.71 bits per heavy atom. The van der Waals surface area contributed by atoms with Gasteiger partial charge in [-0.2, -0.15) is 0 Å². The molecule has 0 spiro atoms. The van der Waals surface area contributed by atoms with E-state index in [1.165, 1.54) is 12.1 Å². The fourth-order valence-electron chi connectivity index (χ4n) is 3.46. The van der Waals surface area contributed by atoms with Crippen LogP contribution in [-0.2, 0) is 0 Å². The van der Waals surface area contributed by atoms with Gasteiger partial charge in [-0.15, -0.1) is 0 Å². The summed E-state index contributed by atoms with van der Waals surface area (Å²) in [5.41, 5.74) is 3.60. The molecule has 0 amide bonds. The second-order valence-corrected chi connectivity index (χ2v) is 6.74. The Kier molecular flexibility index (Phi) is 5.08. The first kappa shape index (κ1) is 18.2. The molecule has 3 aromatic rings. The van der Waals surface area contributed by atoms with E-state index in [2.05, 4.69) is 5.32 Å². The molecule has 5 heteroatoms.